The summed E-state index contributed by atoms with van der Waals surface area (Å²) in [6.07, 6.45) is 1.02. The normalized spacial score (nSPS) is 10.8. The molecule has 0 unspecified atom stereocenters. The molecule has 1 aromatic carbocycles. The first kappa shape index (κ1) is 10.3. The highest BCUT2D eigenvalue weighted by Gasteiger charge is 2.10. The summed E-state index contributed by atoms with van der Waals surface area (Å²) in [5, 5.41) is 9.94. The highest BCUT2D eigenvalue weighted by molar-refractivity contribution is 5.83. The van der Waals surface area contributed by atoms with Crippen molar-refractivity contribution in [1.29, 1.82) is 0 Å². The molecule has 0 aliphatic rings. The Bertz CT molecular complexity index is 399. The summed E-state index contributed by atoms with van der Waals surface area (Å²) >= 11 is 0. The van der Waals surface area contributed by atoms with Gasteiger partial charge < -0.3 is 9.90 Å². The van der Waals surface area contributed by atoms with Crippen LogP contribution in [0.2, 0.25) is 0 Å². The Morgan fingerprint density at radius 1 is 1.21 bits per heavy atom. The molecule has 0 spiro atoms. The first-order valence-corrected chi connectivity index (χ1v) is 3.55. The molecule has 74 valence electrons. The average Bonchev–Trinajstić information content (AvgIpc) is 2.11. The standard InChI is InChI=1S/C9H5F3O2/c10-6-2-3-7(11)9(12)5(6)1-4-8(13)14/h1-4H,(H,13,14)/p-1/b4-1+. The largest absolute Gasteiger partial charge is 0.545 e. The third-order valence-corrected chi connectivity index (χ3v) is 1.47. The fourth-order valence-corrected chi connectivity index (χ4v) is 0.847. The van der Waals surface area contributed by atoms with Crippen LogP contribution in [0.15, 0.2) is 18.2 Å². The van der Waals surface area contributed by atoms with Crippen molar-refractivity contribution in [3.63, 3.8) is 0 Å². The molecule has 5 heteroatoms. The second-order valence-corrected chi connectivity index (χ2v) is 2.41. The number of carbonyl (C=O) groups excluding carboxylic acids is 1. The van der Waals surface area contributed by atoms with Gasteiger partial charge in [-0.25, -0.2) is 13.2 Å². The number of benzene rings is 1. The molecule has 0 N–H and O–H groups in total. The molecule has 14 heavy (non-hydrogen) atoms. The Kier molecular flexibility index (Phi) is 2.91. The Morgan fingerprint density at radius 2 is 1.79 bits per heavy atom. The van der Waals surface area contributed by atoms with E-state index in [9.17, 15) is 23.1 Å². The van der Waals surface area contributed by atoms with Gasteiger partial charge in [0.15, 0.2) is 11.6 Å². The Balaban J connectivity index is 3.19. The topological polar surface area (TPSA) is 40.1 Å². The number of hydrogen-bond acceptors (Lipinski definition) is 2. The van der Waals surface area contributed by atoms with E-state index in [1.807, 2.05) is 0 Å². The molecule has 0 bridgehead atoms. The third kappa shape index (κ3) is 2.12. The van der Waals surface area contributed by atoms with Crippen molar-refractivity contribution >= 4 is 12.0 Å². The third-order valence-electron chi connectivity index (χ3n) is 1.47. The van der Waals surface area contributed by atoms with Crippen molar-refractivity contribution < 1.29 is 23.1 Å². The van der Waals surface area contributed by atoms with Gasteiger partial charge in [-0.3, -0.25) is 0 Å². The van der Waals surface area contributed by atoms with Crippen LogP contribution in [0.4, 0.5) is 13.2 Å². The van der Waals surface area contributed by atoms with Gasteiger partial charge in [-0.15, -0.1) is 0 Å². The van der Waals surface area contributed by atoms with Gasteiger partial charge in [0.2, 0.25) is 0 Å². The maximum absolute atomic E-state index is 12.8. The number of halogens is 3. The number of rotatable bonds is 2. The highest BCUT2D eigenvalue weighted by Crippen LogP contribution is 2.16. The van der Waals surface area contributed by atoms with Gasteiger partial charge in [0, 0.05) is 5.56 Å². The van der Waals surface area contributed by atoms with Crippen LogP contribution in [-0.2, 0) is 4.79 Å². The first-order valence-electron chi connectivity index (χ1n) is 3.55. The van der Waals surface area contributed by atoms with Crippen molar-refractivity contribution in [2.24, 2.45) is 0 Å². The van der Waals surface area contributed by atoms with Crippen LogP contribution < -0.4 is 5.11 Å². The molecule has 0 amide bonds. The summed E-state index contributed by atoms with van der Waals surface area (Å²) in [5.41, 5.74) is -0.741. The molecule has 0 saturated carbocycles. The molecule has 0 atom stereocenters. The number of carboxylic acid groups (broad SMARTS) is 1. The summed E-state index contributed by atoms with van der Waals surface area (Å²) in [6.45, 7) is 0. The van der Waals surface area contributed by atoms with E-state index in [2.05, 4.69) is 0 Å². The van der Waals surface area contributed by atoms with E-state index in [-0.39, 0.29) is 0 Å². The van der Waals surface area contributed by atoms with Crippen LogP contribution >= 0.6 is 0 Å². The lowest BCUT2D eigenvalue weighted by molar-refractivity contribution is -0.297. The van der Waals surface area contributed by atoms with Crippen LogP contribution in [0.25, 0.3) is 6.08 Å². The van der Waals surface area contributed by atoms with Gasteiger partial charge in [-0.2, -0.15) is 0 Å². The zero-order valence-electron chi connectivity index (χ0n) is 6.76. The maximum atomic E-state index is 12.8. The van der Waals surface area contributed by atoms with E-state index in [1.165, 1.54) is 0 Å². The zero-order chi connectivity index (χ0) is 10.7. The molecular weight excluding hydrogens is 197 g/mol. The van der Waals surface area contributed by atoms with Gasteiger partial charge in [-0.1, -0.05) is 0 Å². The second-order valence-electron chi connectivity index (χ2n) is 2.41. The molecule has 0 fully saturated rings. The summed E-state index contributed by atoms with van der Waals surface area (Å²) < 4.78 is 38.2. The highest BCUT2D eigenvalue weighted by atomic mass is 19.2. The van der Waals surface area contributed by atoms with E-state index in [0.717, 1.165) is 0 Å². The molecule has 2 nitrogen and oxygen atoms in total. The molecule has 0 saturated heterocycles. The zero-order valence-corrected chi connectivity index (χ0v) is 6.76. The van der Waals surface area contributed by atoms with Crippen molar-refractivity contribution in [3.8, 4) is 0 Å². The monoisotopic (exact) mass is 201 g/mol. The SMILES string of the molecule is O=C([O-])/C=C/c1c(F)ccc(F)c1F. The van der Waals surface area contributed by atoms with Crippen molar-refractivity contribution in [2.75, 3.05) is 0 Å². The molecule has 1 aromatic rings. The minimum absolute atomic E-state index is 0.418. The van der Waals surface area contributed by atoms with Gasteiger partial charge in [-0.05, 0) is 24.3 Å². The molecule has 0 aromatic heterocycles. The number of carboxylic acids is 1. The molecular formula is C9H4F3O2-. The summed E-state index contributed by atoms with van der Waals surface area (Å²) in [5.74, 6) is -5.33. The molecule has 0 aliphatic carbocycles. The van der Waals surface area contributed by atoms with E-state index in [1.54, 1.807) is 0 Å². The Hall–Kier alpha value is -1.78. The predicted octanol–water partition coefficient (Wildman–Crippen LogP) is 0.867. The second kappa shape index (κ2) is 3.95. The number of hydrogen-bond donors (Lipinski definition) is 0. The Labute approximate surface area is 77.3 Å². The summed E-state index contributed by atoms with van der Waals surface area (Å²) in [4.78, 5) is 9.94. The van der Waals surface area contributed by atoms with Crippen molar-refractivity contribution in [2.45, 2.75) is 0 Å². The minimum Gasteiger partial charge on any atom is -0.545 e. The summed E-state index contributed by atoms with van der Waals surface area (Å²) in [6, 6.07) is 1.31. The van der Waals surface area contributed by atoms with E-state index in [4.69, 9.17) is 0 Å². The van der Waals surface area contributed by atoms with Crippen LogP contribution in [0.3, 0.4) is 0 Å². The van der Waals surface area contributed by atoms with Crippen LogP contribution in [-0.4, -0.2) is 5.97 Å². The fraction of sp³-hybridized carbons (Fsp3) is 0. The van der Waals surface area contributed by atoms with Crippen molar-refractivity contribution in [3.05, 3.63) is 41.2 Å². The molecule has 0 aliphatic heterocycles. The average molecular weight is 201 g/mol. The molecule has 0 heterocycles. The van der Waals surface area contributed by atoms with Crippen LogP contribution in [0, 0.1) is 17.5 Å². The minimum atomic E-state index is -1.62. The number of aliphatic carboxylic acids is 1. The quantitative estimate of drug-likeness (QED) is 0.526. The van der Waals surface area contributed by atoms with E-state index in [0.29, 0.717) is 24.3 Å². The molecule has 1 rings (SSSR count). The maximum Gasteiger partial charge on any atom is 0.168 e. The van der Waals surface area contributed by atoms with Crippen molar-refractivity contribution in [1.82, 2.24) is 0 Å². The lowest BCUT2D eigenvalue weighted by Gasteiger charge is -2.00. The first-order chi connectivity index (χ1) is 6.52. The lowest BCUT2D eigenvalue weighted by atomic mass is 10.2. The van der Waals surface area contributed by atoms with E-state index < -0.39 is 29.0 Å². The van der Waals surface area contributed by atoms with Crippen LogP contribution in [0.5, 0.6) is 0 Å². The molecule has 0 radical (unpaired) electrons. The van der Waals surface area contributed by atoms with Gasteiger partial charge in [0.1, 0.15) is 5.82 Å². The van der Waals surface area contributed by atoms with Gasteiger partial charge >= 0.3 is 0 Å². The van der Waals surface area contributed by atoms with Gasteiger partial charge in [0.05, 0.1) is 5.97 Å². The number of carbonyl (C=O) groups is 1. The smallest absolute Gasteiger partial charge is 0.168 e. The van der Waals surface area contributed by atoms with Gasteiger partial charge in [0.25, 0.3) is 0 Å². The predicted molar refractivity (Wildman–Crippen MR) is 40.4 cm³/mol. The Morgan fingerprint density at radius 3 is 2.36 bits per heavy atom. The summed E-state index contributed by atoms with van der Waals surface area (Å²) in [7, 11) is 0. The lowest BCUT2D eigenvalue weighted by Crippen LogP contribution is -2.18. The van der Waals surface area contributed by atoms with Crippen LogP contribution in [0.1, 0.15) is 5.56 Å². The van der Waals surface area contributed by atoms with E-state index >= 15 is 0 Å². The fourth-order valence-electron chi connectivity index (χ4n) is 0.847.